The van der Waals surface area contributed by atoms with Crippen LogP contribution in [0.4, 0.5) is 11.4 Å². The fourth-order valence-electron chi connectivity index (χ4n) is 2.58. The number of benzene rings is 2. The summed E-state index contributed by atoms with van der Waals surface area (Å²) in [6.45, 7) is 4.16. The number of carbonyl (C=O) groups excluding carboxylic acids is 1. The summed E-state index contributed by atoms with van der Waals surface area (Å²) in [5, 5.41) is 2.91. The number of amides is 1. The van der Waals surface area contributed by atoms with Crippen LogP contribution in [0.2, 0.25) is 0 Å². The molecule has 0 bridgehead atoms. The molecule has 0 fully saturated rings. The minimum absolute atomic E-state index is 0.0120. The molecule has 0 saturated carbocycles. The number of ether oxygens (including phenoxy) is 1. The first kappa shape index (κ1) is 16.9. The molecule has 0 radical (unpaired) electrons. The topological polar surface area (TPSA) is 64.3 Å². The van der Waals surface area contributed by atoms with Crippen molar-refractivity contribution in [2.24, 2.45) is 0 Å². The van der Waals surface area contributed by atoms with E-state index in [9.17, 15) is 4.79 Å². The number of methoxy groups -OCH3 is 1. The third-order valence-electron chi connectivity index (χ3n) is 3.99. The Morgan fingerprint density at radius 1 is 1.22 bits per heavy atom. The highest BCUT2D eigenvalue weighted by molar-refractivity contribution is 5.92. The lowest BCUT2D eigenvalue weighted by molar-refractivity contribution is -0.116. The lowest BCUT2D eigenvalue weighted by Crippen LogP contribution is -2.15. The van der Waals surface area contributed by atoms with Crippen LogP contribution >= 0.6 is 0 Å². The Hall–Kier alpha value is -2.49. The van der Waals surface area contributed by atoms with Gasteiger partial charge in [-0.2, -0.15) is 0 Å². The maximum atomic E-state index is 12.3. The van der Waals surface area contributed by atoms with Gasteiger partial charge in [-0.15, -0.1) is 0 Å². The van der Waals surface area contributed by atoms with Gasteiger partial charge in [0.1, 0.15) is 5.75 Å². The van der Waals surface area contributed by atoms with Crippen molar-refractivity contribution in [2.75, 3.05) is 18.2 Å². The fraction of sp³-hybridized carbons (Fsp3) is 0.316. The number of aryl methyl sites for hydroxylation is 1. The van der Waals surface area contributed by atoms with E-state index in [-0.39, 0.29) is 11.8 Å². The zero-order valence-corrected chi connectivity index (χ0v) is 13.9. The Balaban J connectivity index is 2.02. The van der Waals surface area contributed by atoms with E-state index in [0.717, 1.165) is 6.42 Å². The Morgan fingerprint density at radius 3 is 2.48 bits per heavy atom. The van der Waals surface area contributed by atoms with Crippen molar-refractivity contribution in [3.8, 4) is 5.75 Å². The van der Waals surface area contributed by atoms with Crippen molar-refractivity contribution in [3.05, 3.63) is 53.6 Å². The molecule has 2 rings (SSSR count). The monoisotopic (exact) mass is 312 g/mol. The molecule has 0 heterocycles. The first-order valence-electron chi connectivity index (χ1n) is 7.83. The molecule has 1 unspecified atom stereocenters. The first-order chi connectivity index (χ1) is 11.0. The van der Waals surface area contributed by atoms with Crippen LogP contribution in [0.25, 0.3) is 0 Å². The number of nitrogen functional groups attached to an aromatic ring is 1. The second kappa shape index (κ2) is 7.68. The van der Waals surface area contributed by atoms with Gasteiger partial charge >= 0.3 is 0 Å². The standard InChI is InChI=1S/C19H24N2O2/c1-4-14(15-7-5-13(2)6-8-15)11-19(22)21-16-9-10-18(23-3)17(20)12-16/h5-10,12,14H,4,11,20H2,1-3H3,(H,21,22). The van der Waals surface area contributed by atoms with E-state index >= 15 is 0 Å². The maximum absolute atomic E-state index is 12.3. The van der Waals surface area contributed by atoms with Crippen molar-refractivity contribution in [2.45, 2.75) is 32.6 Å². The molecule has 2 aromatic rings. The summed E-state index contributed by atoms with van der Waals surface area (Å²) in [4.78, 5) is 12.3. The number of hydrogen-bond acceptors (Lipinski definition) is 3. The van der Waals surface area contributed by atoms with Crippen LogP contribution in [0.3, 0.4) is 0 Å². The number of anilines is 2. The van der Waals surface area contributed by atoms with Crippen molar-refractivity contribution in [1.29, 1.82) is 0 Å². The molecule has 0 saturated heterocycles. The fourth-order valence-corrected chi connectivity index (χ4v) is 2.58. The Labute approximate surface area is 137 Å². The van der Waals surface area contributed by atoms with E-state index in [0.29, 0.717) is 23.5 Å². The normalized spacial score (nSPS) is 11.8. The van der Waals surface area contributed by atoms with Gasteiger partial charge in [-0.1, -0.05) is 36.8 Å². The zero-order chi connectivity index (χ0) is 16.8. The van der Waals surface area contributed by atoms with Gasteiger partial charge in [-0.05, 0) is 43.0 Å². The van der Waals surface area contributed by atoms with E-state index in [2.05, 4.69) is 43.4 Å². The smallest absolute Gasteiger partial charge is 0.224 e. The van der Waals surface area contributed by atoms with Gasteiger partial charge in [0.2, 0.25) is 5.91 Å². The van der Waals surface area contributed by atoms with Crippen LogP contribution in [0, 0.1) is 6.92 Å². The van der Waals surface area contributed by atoms with Crippen LogP contribution in [-0.2, 0) is 4.79 Å². The number of nitrogens with one attached hydrogen (secondary N) is 1. The Morgan fingerprint density at radius 2 is 1.91 bits per heavy atom. The summed E-state index contributed by atoms with van der Waals surface area (Å²) < 4.78 is 5.12. The quantitative estimate of drug-likeness (QED) is 0.789. The second-order valence-electron chi connectivity index (χ2n) is 5.72. The van der Waals surface area contributed by atoms with Gasteiger partial charge in [0, 0.05) is 12.1 Å². The highest BCUT2D eigenvalue weighted by Crippen LogP contribution is 2.27. The molecule has 0 aliphatic carbocycles. The average Bonchev–Trinajstić information content (AvgIpc) is 2.54. The lowest BCUT2D eigenvalue weighted by Gasteiger charge is -2.16. The molecule has 4 nitrogen and oxygen atoms in total. The Kier molecular flexibility index (Phi) is 5.63. The molecule has 23 heavy (non-hydrogen) atoms. The number of carbonyl (C=O) groups is 1. The summed E-state index contributed by atoms with van der Waals surface area (Å²) in [7, 11) is 1.57. The molecular weight excluding hydrogens is 288 g/mol. The molecule has 0 spiro atoms. The minimum Gasteiger partial charge on any atom is -0.495 e. The summed E-state index contributed by atoms with van der Waals surface area (Å²) in [5.74, 6) is 0.808. The largest absolute Gasteiger partial charge is 0.495 e. The molecule has 2 aromatic carbocycles. The van der Waals surface area contributed by atoms with Gasteiger partial charge in [-0.3, -0.25) is 4.79 Å². The third-order valence-corrected chi connectivity index (χ3v) is 3.99. The predicted molar refractivity (Wildman–Crippen MR) is 94.9 cm³/mol. The van der Waals surface area contributed by atoms with Gasteiger partial charge in [0.25, 0.3) is 0 Å². The summed E-state index contributed by atoms with van der Waals surface area (Å²) in [6.07, 6.45) is 1.37. The van der Waals surface area contributed by atoms with Gasteiger partial charge in [0.05, 0.1) is 12.8 Å². The maximum Gasteiger partial charge on any atom is 0.224 e. The van der Waals surface area contributed by atoms with Crippen LogP contribution < -0.4 is 15.8 Å². The molecule has 1 amide bonds. The van der Waals surface area contributed by atoms with E-state index < -0.39 is 0 Å². The number of rotatable bonds is 6. The summed E-state index contributed by atoms with van der Waals surface area (Å²) in [5.41, 5.74) is 9.48. The minimum atomic E-state index is -0.0120. The molecule has 3 N–H and O–H groups in total. The molecule has 0 aliphatic heterocycles. The van der Waals surface area contributed by atoms with E-state index in [1.54, 1.807) is 25.3 Å². The third kappa shape index (κ3) is 4.49. The zero-order valence-electron chi connectivity index (χ0n) is 13.9. The van der Waals surface area contributed by atoms with Crippen molar-refractivity contribution in [1.82, 2.24) is 0 Å². The predicted octanol–water partition coefficient (Wildman–Crippen LogP) is 4.11. The highest BCUT2D eigenvalue weighted by atomic mass is 16.5. The molecule has 1 atom stereocenters. The van der Waals surface area contributed by atoms with Crippen LogP contribution in [0.1, 0.15) is 36.8 Å². The molecule has 0 aliphatic rings. The van der Waals surface area contributed by atoms with E-state index in [1.165, 1.54) is 11.1 Å². The van der Waals surface area contributed by atoms with E-state index in [1.807, 2.05) is 0 Å². The molecule has 122 valence electrons. The molecule has 0 aromatic heterocycles. The van der Waals surface area contributed by atoms with Crippen LogP contribution in [0.15, 0.2) is 42.5 Å². The Bertz CT molecular complexity index is 666. The number of hydrogen-bond donors (Lipinski definition) is 2. The number of nitrogens with two attached hydrogens (primary N) is 1. The van der Waals surface area contributed by atoms with Crippen molar-refractivity contribution >= 4 is 17.3 Å². The second-order valence-corrected chi connectivity index (χ2v) is 5.72. The van der Waals surface area contributed by atoms with Crippen LogP contribution in [-0.4, -0.2) is 13.0 Å². The van der Waals surface area contributed by atoms with Crippen LogP contribution in [0.5, 0.6) is 5.75 Å². The van der Waals surface area contributed by atoms with Crippen molar-refractivity contribution in [3.63, 3.8) is 0 Å². The highest BCUT2D eigenvalue weighted by Gasteiger charge is 2.14. The van der Waals surface area contributed by atoms with Gasteiger partial charge < -0.3 is 15.8 Å². The molecule has 4 heteroatoms. The SMILES string of the molecule is CCC(CC(=O)Nc1ccc(OC)c(N)c1)c1ccc(C)cc1. The van der Waals surface area contributed by atoms with Gasteiger partial charge in [-0.25, -0.2) is 0 Å². The average molecular weight is 312 g/mol. The lowest BCUT2D eigenvalue weighted by atomic mass is 9.92. The summed E-state index contributed by atoms with van der Waals surface area (Å²) >= 11 is 0. The summed E-state index contributed by atoms with van der Waals surface area (Å²) in [6, 6.07) is 13.6. The van der Waals surface area contributed by atoms with E-state index in [4.69, 9.17) is 10.5 Å². The first-order valence-corrected chi connectivity index (χ1v) is 7.83. The molecular formula is C19H24N2O2. The van der Waals surface area contributed by atoms with Crippen molar-refractivity contribution < 1.29 is 9.53 Å². The van der Waals surface area contributed by atoms with Gasteiger partial charge in [0.15, 0.2) is 0 Å².